The van der Waals surface area contributed by atoms with Crippen molar-refractivity contribution in [2.45, 2.75) is 0 Å². The Balaban J connectivity index is 1.69. The summed E-state index contributed by atoms with van der Waals surface area (Å²) < 4.78 is 5.84. The number of carbonyl (C=O) groups is 3. The number of ether oxygens (including phenoxy) is 1. The van der Waals surface area contributed by atoms with Crippen LogP contribution in [0.2, 0.25) is 0 Å². The molecule has 3 N–H and O–H groups in total. The summed E-state index contributed by atoms with van der Waals surface area (Å²) in [5.41, 5.74) is 4.48. The molecule has 3 rings (SSSR count). The minimum absolute atomic E-state index is 0.120. The van der Waals surface area contributed by atoms with E-state index < -0.39 is 35.2 Å². The van der Waals surface area contributed by atoms with E-state index in [1.807, 2.05) is 4.98 Å². The molecular formula is C21H17N3O6. The predicted octanol–water partition coefficient (Wildman–Crippen LogP) is 0.926. The zero-order valence-corrected chi connectivity index (χ0v) is 15.9. The van der Waals surface area contributed by atoms with Crippen molar-refractivity contribution in [3.8, 4) is 0 Å². The van der Waals surface area contributed by atoms with Crippen molar-refractivity contribution >= 4 is 23.4 Å². The fourth-order valence-electron chi connectivity index (χ4n) is 2.71. The fraction of sp³-hybridized carbons (Fsp3) is 0.0952. The Labute approximate surface area is 169 Å². The van der Waals surface area contributed by atoms with Crippen LogP contribution in [0, 0.1) is 0 Å². The summed E-state index contributed by atoms with van der Waals surface area (Å²) in [6.45, 7) is -0.741. The lowest BCUT2D eigenvalue weighted by Gasteiger charge is -2.08. The first-order chi connectivity index (χ1) is 14.3. The quantitative estimate of drug-likeness (QED) is 0.457. The summed E-state index contributed by atoms with van der Waals surface area (Å²) in [5.74, 6) is -2.20. The van der Waals surface area contributed by atoms with E-state index in [9.17, 15) is 24.0 Å². The Kier molecular flexibility index (Phi) is 5.73. The van der Waals surface area contributed by atoms with Crippen LogP contribution in [0.5, 0.6) is 0 Å². The molecule has 0 atom stereocenters. The van der Waals surface area contributed by atoms with Crippen LogP contribution in [0.15, 0.2) is 64.2 Å². The number of carbonyl (C=O) groups excluding carboxylic acids is 3. The zero-order valence-electron chi connectivity index (χ0n) is 15.9. The van der Waals surface area contributed by atoms with Crippen molar-refractivity contribution in [2.75, 3.05) is 12.3 Å². The number of benzene rings is 2. The number of rotatable bonds is 6. The van der Waals surface area contributed by atoms with Crippen LogP contribution in [0.25, 0.3) is 0 Å². The standard InChI is InChI=1S/C21H17N3O6/c1-24-18(22)16(19(27)23-21(24)29)15(25)11-30-20(28)14-9-7-13(8-10-14)17(26)12-5-3-2-4-6-12/h2-10H,11,22H2,1H3,(H,23,27,29). The van der Waals surface area contributed by atoms with Crippen molar-refractivity contribution < 1.29 is 19.1 Å². The van der Waals surface area contributed by atoms with Gasteiger partial charge in [0.1, 0.15) is 11.4 Å². The van der Waals surface area contributed by atoms with Crippen LogP contribution in [-0.4, -0.2) is 33.7 Å². The van der Waals surface area contributed by atoms with Gasteiger partial charge in [-0.15, -0.1) is 0 Å². The van der Waals surface area contributed by atoms with Gasteiger partial charge in [-0.25, -0.2) is 9.59 Å². The molecule has 1 aromatic heterocycles. The van der Waals surface area contributed by atoms with Gasteiger partial charge in [-0.2, -0.15) is 0 Å². The highest BCUT2D eigenvalue weighted by Crippen LogP contribution is 2.12. The van der Waals surface area contributed by atoms with Crippen LogP contribution < -0.4 is 17.0 Å². The predicted molar refractivity (Wildman–Crippen MR) is 108 cm³/mol. The summed E-state index contributed by atoms with van der Waals surface area (Å²) >= 11 is 0. The van der Waals surface area contributed by atoms with E-state index in [0.29, 0.717) is 11.1 Å². The maximum absolute atomic E-state index is 12.4. The largest absolute Gasteiger partial charge is 0.454 e. The molecule has 0 aliphatic heterocycles. The van der Waals surface area contributed by atoms with Gasteiger partial charge in [0.2, 0.25) is 5.78 Å². The van der Waals surface area contributed by atoms with Crippen LogP contribution in [0.3, 0.4) is 0 Å². The lowest BCUT2D eigenvalue weighted by atomic mass is 10.0. The molecule has 0 spiro atoms. The third-order valence-corrected chi connectivity index (χ3v) is 4.40. The van der Waals surface area contributed by atoms with Gasteiger partial charge in [-0.1, -0.05) is 42.5 Å². The highest BCUT2D eigenvalue weighted by atomic mass is 16.5. The highest BCUT2D eigenvalue weighted by Gasteiger charge is 2.20. The lowest BCUT2D eigenvalue weighted by molar-refractivity contribution is 0.0474. The van der Waals surface area contributed by atoms with Gasteiger partial charge in [0.05, 0.1) is 5.56 Å². The van der Waals surface area contributed by atoms with E-state index in [1.54, 1.807) is 30.3 Å². The van der Waals surface area contributed by atoms with Crippen molar-refractivity contribution in [1.82, 2.24) is 9.55 Å². The fourth-order valence-corrected chi connectivity index (χ4v) is 2.71. The normalized spacial score (nSPS) is 10.4. The zero-order chi connectivity index (χ0) is 21.8. The Morgan fingerprint density at radius 1 is 0.933 bits per heavy atom. The first-order valence-corrected chi connectivity index (χ1v) is 8.78. The molecule has 30 heavy (non-hydrogen) atoms. The van der Waals surface area contributed by atoms with Gasteiger partial charge in [0, 0.05) is 18.2 Å². The van der Waals surface area contributed by atoms with E-state index in [1.165, 1.54) is 31.3 Å². The highest BCUT2D eigenvalue weighted by molar-refractivity contribution is 6.09. The maximum atomic E-state index is 12.4. The minimum atomic E-state index is -0.958. The van der Waals surface area contributed by atoms with Crippen molar-refractivity contribution in [3.05, 3.63) is 97.7 Å². The third-order valence-electron chi connectivity index (χ3n) is 4.40. The summed E-state index contributed by atoms with van der Waals surface area (Å²) in [6.07, 6.45) is 0. The van der Waals surface area contributed by atoms with Crippen LogP contribution in [0.1, 0.15) is 36.6 Å². The van der Waals surface area contributed by atoms with E-state index in [4.69, 9.17) is 10.5 Å². The molecule has 0 radical (unpaired) electrons. The number of Topliss-reactive ketones (excluding diaryl/α,β-unsaturated/α-hetero) is 1. The van der Waals surface area contributed by atoms with Crippen LogP contribution in [-0.2, 0) is 11.8 Å². The monoisotopic (exact) mass is 407 g/mol. The first kappa shape index (κ1) is 20.5. The molecule has 0 fully saturated rings. The summed E-state index contributed by atoms with van der Waals surface area (Å²) in [6, 6.07) is 14.4. The van der Waals surface area contributed by atoms with Gasteiger partial charge in [0.15, 0.2) is 12.4 Å². The van der Waals surface area contributed by atoms with Gasteiger partial charge in [-0.05, 0) is 12.1 Å². The molecule has 0 bridgehead atoms. The van der Waals surface area contributed by atoms with Crippen molar-refractivity contribution in [3.63, 3.8) is 0 Å². The molecule has 152 valence electrons. The molecule has 9 nitrogen and oxygen atoms in total. The molecule has 0 aliphatic carbocycles. The first-order valence-electron chi connectivity index (χ1n) is 8.78. The van der Waals surface area contributed by atoms with E-state index in [2.05, 4.69) is 0 Å². The summed E-state index contributed by atoms with van der Waals surface area (Å²) in [7, 11) is 1.29. The van der Waals surface area contributed by atoms with Crippen molar-refractivity contribution in [2.24, 2.45) is 7.05 Å². The van der Waals surface area contributed by atoms with E-state index >= 15 is 0 Å². The number of aromatic nitrogens is 2. The third kappa shape index (κ3) is 4.09. The molecule has 0 aliphatic rings. The van der Waals surface area contributed by atoms with Gasteiger partial charge in [-0.3, -0.25) is 23.9 Å². The molecule has 2 aromatic carbocycles. The van der Waals surface area contributed by atoms with Gasteiger partial charge in [0.25, 0.3) is 5.56 Å². The average molecular weight is 407 g/mol. The number of nitrogen functional groups attached to an aromatic ring is 1. The number of nitrogens with zero attached hydrogens (tertiary/aromatic N) is 1. The van der Waals surface area contributed by atoms with E-state index in [0.717, 1.165) is 4.57 Å². The number of hydrogen-bond acceptors (Lipinski definition) is 7. The molecule has 9 heteroatoms. The molecule has 0 amide bonds. The Hall–Kier alpha value is -4.27. The summed E-state index contributed by atoms with van der Waals surface area (Å²) in [5, 5.41) is 0. The molecule has 0 saturated heterocycles. The summed E-state index contributed by atoms with van der Waals surface area (Å²) in [4.78, 5) is 62.1. The number of ketones is 2. The molecule has 0 unspecified atom stereocenters. The second-order valence-corrected chi connectivity index (χ2v) is 6.35. The lowest BCUT2D eigenvalue weighted by Crippen LogP contribution is -2.35. The number of aromatic amines is 1. The average Bonchev–Trinajstić information content (AvgIpc) is 2.76. The Bertz CT molecular complexity index is 1240. The molecule has 0 saturated carbocycles. The van der Waals surface area contributed by atoms with Crippen LogP contribution >= 0.6 is 0 Å². The number of hydrogen-bond donors (Lipinski definition) is 2. The number of nitrogens with one attached hydrogen (secondary N) is 1. The van der Waals surface area contributed by atoms with Crippen LogP contribution in [0.4, 0.5) is 5.82 Å². The molecule has 3 aromatic rings. The SMILES string of the molecule is Cn1c(N)c(C(=O)COC(=O)c2ccc(C(=O)c3ccccc3)cc2)c(=O)[nH]c1=O. The maximum Gasteiger partial charge on any atom is 0.338 e. The van der Waals surface area contributed by atoms with E-state index in [-0.39, 0.29) is 17.2 Å². The van der Waals surface area contributed by atoms with Gasteiger partial charge >= 0.3 is 11.7 Å². The number of nitrogens with two attached hydrogens (primary N) is 1. The Morgan fingerprint density at radius 3 is 2.13 bits per heavy atom. The topological polar surface area (TPSA) is 141 Å². The minimum Gasteiger partial charge on any atom is -0.454 e. The Morgan fingerprint density at radius 2 is 1.50 bits per heavy atom. The molecular weight excluding hydrogens is 390 g/mol. The number of esters is 1. The second-order valence-electron chi connectivity index (χ2n) is 6.35. The van der Waals surface area contributed by atoms with Gasteiger partial charge < -0.3 is 10.5 Å². The number of H-pyrrole nitrogens is 1. The number of anilines is 1. The smallest absolute Gasteiger partial charge is 0.338 e. The second kappa shape index (κ2) is 8.39. The van der Waals surface area contributed by atoms with Crippen molar-refractivity contribution in [1.29, 1.82) is 0 Å². The molecule has 1 heterocycles.